The van der Waals surface area contributed by atoms with E-state index in [-0.39, 0.29) is 35.1 Å². The molecule has 3 aromatic carbocycles. The quantitative estimate of drug-likeness (QED) is 0.565. The van der Waals surface area contributed by atoms with Gasteiger partial charge in [-0.05, 0) is 59.7 Å². The Hall–Kier alpha value is -2.90. The topological polar surface area (TPSA) is 60.8 Å². The van der Waals surface area contributed by atoms with E-state index in [1.54, 1.807) is 41.3 Å². The molecule has 1 amide bonds. The molecule has 0 aromatic heterocycles. The van der Waals surface area contributed by atoms with E-state index in [0.717, 1.165) is 5.56 Å². The molecular weight excluding hydrogens is 408 g/mol. The van der Waals surface area contributed by atoms with Gasteiger partial charge in [0.15, 0.2) is 0 Å². The number of aromatic hydroxyl groups is 1. The smallest absolute Gasteiger partial charge is 0.243 e. The van der Waals surface area contributed by atoms with Gasteiger partial charge < -0.3 is 15.1 Å². The largest absolute Gasteiger partial charge is 0.508 e. The molecule has 4 rings (SSSR count). The number of β-lactam (4-membered cyclic amide) rings is 1. The Morgan fingerprint density at radius 2 is 1.47 bits per heavy atom. The van der Waals surface area contributed by atoms with Crippen LogP contribution >= 0.6 is 11.8 Å². The van der Waals surface area contributed by atoms with Crippen LogP contribution in [-0.2, 0) is 4.79 Å². The van der Waals surface area contributed by atoms with Gasteiger partial charge in [0.1, 0.15) is 22.6 Å². The normalized spacial score (nSPS) is 19.4. The van der Waals surface area contributed by atoms with Gasteiger partial charge in [0, 0.05) is 11.4 Å². The average Bonchev–Trinajstić information content (AvgIpc) is 2.74. The van der Waals surface area contributed by atoms with Gasteiger partial charge in [0.2, 0.25) is 5.91 Å². The second-order valence-electron chi connectivity index (χ2n) is 7.04. The summed E-state index contributed by atoms with van der Waals surface area (Å²) >= 11 is 1.32. The van der Waals surface area contributed by atoms with E-state index in [1.807, 2.05) is 0 Å². The molecule has 7 heteroatoms. The molecule has 1 fully saturated rings. The summed E-state index contributed by atoms with van der Waals surface area (Å²) in [4.78, 5) is 14.5. The molecule has 3 atom stereocenters. The molecule has 0 saturated carbocycles. The molecular formula is C23H19F2NO3S. The van der Waals surface area contributed by atoms with Gasteiger partial charge in [-0.25, -0.2) is 8.78 Å². The molecule has 3 aromatic rings. The minimum Gasteiger partial charge on any atom is -0.508 e. The minimum absolute atomic E-state index is 0.119. The number of anilines is 1. The first-order valence-electron chi connectivity index (χ1n) is 9.37. The lowest BCUT2D eigenvalue weighted by Gasteiger charge is -2.47. The third kappa shape index (κ3) is 4.04. The molecule has 0 aliphatic carbocycles. The number of hydrogen-bond donors (Lipinski definition) is 2. The van der Waals surface area contributed by atoms with Crippen LogP contribution in [0.4, 0.5) is 14.5 Å². The summed E-state index contributed by atoms with van der Waals surface area (Å²) in [5, 5.41) is 19.6. The molecule has 1 saturated heterocycles. The first kappa shape index (κ1) is 20.4. The van der Waals surface area contributed by atoms with Crippen molar-refractivity contribution in [1.82, 2.24) is 0 Å². The molecule has 154 valence electrons. The number of phenolic OH excluding ortho intramolecular Hbond substituents is 1. The lowest BCUT2D eigenvalue weighted by molar-refractivity contribution is -0.123. The van der Waals surface area contributed by atoms with E-state index in [9.17, 15) is 23.8 Å². The zero-order chi connectivity index (χ0) is 21.3. The van der Waals surface area contributed by atoms with Crippen LogP contribution in [0.2, 0.25) is 0 Å². The zero-order valence-corrected chi connectivity index (χ0v) is 16.6. The number of hydrogen-bond acceptors (Lipinski definition) is 4. The first-order chi connectivity index (χ1) is 14.4. The third-order valence-electron chi connectivity index (χ3n) is 5.07. The fraction of sp³-hybridized carbons (Fsp3) is 0.174. The number of carbonyl (C=O) groups is 1. The number of carbonyl (C=O) groups excluding carboxylic acids is 1. The SMILES string of the molecule is O=C1C(SCC(O)c2ccc(F)cc2)C(c2ccc(O)cc2)N1c1ccc(F)cc1. The highest BCUT2D eigenvalue weighted by Gasteiger charge is 2.49. The molecule has 1 heterocycles. The summed E-state index contributed by atoms with van der Waals surface area (Å²) in [5.41, 5.74) is 1.98. The number of thioether (sulfide) groups is 1. The molecule has 1 aliphatic heterocycles. The van der Waals surface area contributed by atoms with Crippen molar-refractivity contribution in [1.29, 1.82) is 0 Å². The molecule has 0 bridgehead atoms. The molecule has 30 heavy (non-hydrogen) atoms. The summed E-state index contributed by atoms with van der Waals surface area (Å²) in [6.07, 6.45) is -0.844. The second kappa shape index (κ2) is 8.45. The van der Waals surface area contributed by atoms with Gasteiger partial charge in [-0.1, -0.05) is 24.3 Å². The molecule has 4 nitrogen and oxygen atoms in total. The van der Waals surface area contributed by atoms with Crippen molar-refractivity contribution in [3.8, 4) is 5.75 Å². The van der Waals surface area contributed by atoms with Gasteiger partial charge >= 0.3 is 0 Å². The Bertz CT molecular complexity index is 1030. The Kier molecular flexibility index (Phi) is 5.74. The Morgan fingerprint density at radius 3 is 2.07 bits per heavy atom. The fourth-order valence-electron chi connectivity index (χ4n) is 3.49. The van der Waals surface area contributed by atoms with Crippen molar-refractivity contribution in [2.75, 3.05) is 10.7 Å². The van der Waals surface area contributed by atoms with Crippen molar-refractivity contribution < 1.29 is 23.8 Å². The number of rotatable bonds is 6. The molecule has 0 spiro atoms. The number of benzene rings is 3. The van der Waals surface area contributed by atoms with E-state index >= 15 is 0 Å². The predicted octanol–water partition coefficient (Wildman–Crippen LogP) is 4.59. The van der Waals surface area contributed by atoms with E-state index in [4.69, 9.17) is 0 Å². The highest BCUT2D eigenvalue weighted by molar-refractivity contribution is 8.00. The predicted molar refractivity (Wildman–Crippen MR) is 112 cm³/mol. The highest BCUT2D eigenvalue weighted by Crippen LogP contribution is 2.46. The minimum atomic E-state index is -0.844. The lowest BCUT2D eigenvalue weighted by atomic mass is 9.92. The lowest BCUT2D eigenvalue weighted by Crippen LogP contribution is -2.57. The molecule has 0 radical (unpaired) electrons. The summed E-state index contributed by atoms with van der Waals surface area (Å²) < 4.78 is 26.4. The van der Waals surface area contributed by atoms with Gasteiger partial charge in [-0.3, -0.25) is 4.79 Å². The van der Waals surface area contributed by atoms with Crippen LogP contribution in [0.5, 0.6) is 5.75 Å². The van der Waals surface area contributed by atoms with E-state index in [2.05, 4.69) is 0 Å². The van der Waals surface area contributed by atoms with Crippen LogP contribution in [0, 0.1) is 11.6 Å². The van der Waals surface area contributed by atoms with Crippen LogP contribution in [0.1, 0.15) is 23.3 Å². The number of amides is 1. The van der Waals surface area contributed by atoms with Crippen LogP contribution in [0.15, 0.2) is 72.8 Å². The van der Waals surface area contributed by atoms with Gasteiger partial charge in [-0.15, -0.1) is 11.8 Å². The Labute approximate surface area is 176 Å². The average molecular weight is 427 g/mol. The van der Waals surface area contributed by atoms with Crippen LogP contribution in [0.25, 0.3) is 0 Å². The van der Waals surface area contributed by atoms with Crippen molar-refractivity contribution >= 4 is 23.4 Å². The summed E-state index contributed by atoms with van der Waals surface area (Å²) in [5.74, 6) is -0.533. The van der Waals surface area contributed by atoms with E-state index in [0.29, 0.717) is 11.3 Å². The fourth-order valence-corrected chi connectivity index (χ4v) is 4.79. The molecule has 3 unspecified atom stereocenters. The van der Waals surface area contributed by atoms with Crippen LogP contribution < -0.4 is 4.90 Å². The van der Waals surface area contributed by atoms with Gasteiger partial charge in [0.25, 0.3) is 0 Å². The van der Waals surface area contributed by atoms with Crippen molar-refractivity contribution in [3.05, 3.63) is 95.6 Å². The third-order valence-corrected chi connectivity index (χ3v) is 6.40. The highest BCUT2D eigenvalue weighted by atomic mass is 32.2. The number of phenols is 1. The van der Waals surface area contributed by atoms with Crippen molar-refractivity contribution in [2.45, 2.75) is 17.4 Å². The van der Waals surface area contributed by atoms with E-state index in [1.165, 1.54) is 48.2 Å². The number of nitrogens with zero attached hydrogens (tertiary/aromatic N) is 1. The molecule has 1 aliphatic rings. The number of halogens is 2. The first-order valence-corrected chi connectivity index (χ1v) is 10.4. The zero-order valence-electron chi connectivity index (χ0n) is 15.8. The summed E-state index contributed by atoms with van der Waals surface area (Å²) in [6.45, 7) is 0. The van der Waals surface area contributed by atoms with Crippen LogP contribution in [-0.4, -0.2) is 27.1 Å². The summed E-state index contributed by atoms with van der Waals surface area (Å²) in [7, 11) is 0. The standard InChI is InChI=1S/C23H19F2NO3S/c24-16-5-1-14(2-6-16)20(28)13-30-22-21(15-3-11-19(27)12-4-15)26(23(22)29)18-9-7-17(25)8-10-18/h1-12,20-22,27-28H,13H2. The maximum atomic E-state index is 13.3. The summed E-state index contributed by atoms with van der Waals surface area (Å²) in [6, 6.07) is 17.6. The second-order valence-corrected chi connectivity index (χ2v) is 8.22. The monoisotopic (exact) mass is 427 g/mol. The van der Waals surface area contributed by atoms with Crippen molar-refractivity contribution in [2.24, 2.45) is 0 Å². The number of aliphatic hydroxyl groups excluding tert-OH is 1. The maximum Gasteiger partial charge on any atom is 0.243 e. The van der Waals surface area contributed by atoms with E-state index < -0.39 is 11.4 Å². The molecule has 2 N–H and O–H groups in total. The van der Waals surface area contributed by atoms with Gasteiger partial charge in [0.05, 0.1) is 12.1 Å². The van der Waals surface area contributed by atoms with Crippen LogP contribution in [0.3, 0.4) is 0 Å². The Balaban J connectivity index is 1.55. The number of aliphatic hydroxyl groups is 1. The maximum absolute atomic E-state index is 13.3. The van der Waals surface area contributed by atoms with Crippen molar-refractivity contribution in [3.63, 3.8) is 0 Å². The Morgan fingerprint density at radius 1 is 0.900 bits per heavy atom. The van der Waals surface area contributed by atoms with Gasteiger partial charge in [-0.2, -0.15) is 0 Å².